The number of benzene rings is 1. The summed E-state index contributed by atoms with van der Waals surface area (Å²) < 4.78 is 10.6. The van der Waals surface area contributed by atoms with Crippen LogP contribution in [0.1, 0.15) is 130 Å². The van der Waals surface area contributed by atoms with E-state index in [4.69, 9.17) is 9.47 Å². The molecule has 0 saturated heterocycles. The minimum Gasteiger partial charge on any atom is -0.445 e. The van der Waals surface area contributed by atoms with E-state index in [0.717, 1.165) is 18.4 Å². The number of hydrogen-bond donors (Lipinski definition) is 3. The Morgan fingerprint density at radius 1 is 0.707 bits per heavy atom. The predicted molar refractivity (Wildman–Crippen MR) is 166 cm³/mol. The Kier molecular flexibility index (Phi) is 20.2. The van der Waals surface area contributed by atoms with Gasteiger partial charge in [-0.25, -0.2) is 9.59 Å². The van der Waals surface area contributed by atoms with Crippen molar-refractivity contribution in [3.63, 3.8) is 0 Å². The Balaban J connectivity index is 2.33. The van der Waals surface area contributed by atoms with Crippen LogP contribution in [0, 0.1) is 0 Å². The molecule has 3 amide bonds. The first kappa shape index (κ1) is 36.3. The van der Waals surface area contributed by atoms with E-state index >= 15 is 0 Å². The number of ether oxygens (including phenoxy) is 2. The monoisotopic (exact) mass is 575 g/mol. The molecule has 0 unspecified atom stereocenters. The molecular formula is C33H57N3O5. The summed E-state index contributed by atoms with van der Waals surface area (Å²) in [5.74, 6) is -0.204. The molecule has 0 bridgehead atoms. The SMILES string of the molecule is CCCCCCCCCCCCCCNC(=O)[C@@H](CCCCNC(=O)OC(C)(C)C)NC(=O)OCc1ccccc1. The largest absolute Gasteiger partial charge is 0.445 e. The van der Waals surface area contributed by atoms with Gasteiger partial charge >= 0.3 is 12.2 Å². The third-order valence-electron chi connectivity index (χ3n) is 6.74. The van der Waals surface area contributed by atoms with Gasteiger partial charge in [0.1, 0.15) is 18.2 Å². The second-order valence-corrected chi connectivity index (χ2v) is 11.9. The summed E-state index contributed by atoms with van der Waals surface area (Å²) >= 11 is 0. The molecule has 1 aromatic carbocycles. The molecule has 8 heteroatoms. The number of rotatable bonds is 22. The average molecular weight is 576 g/mol. The smallest absolute Gasteiger partial charge is 0.408 e. The summed E-state index contributed by atoms with van der Waals surface area (Å²) in [5.41, 5.74) is 0.328. The van der Waals surface area contributed by atoms with Gasteiger partial charge in [0.2, 0.25) is 5.91 Å². The lowest BCUT2D eigenvalue weighted by Gasteiger charge is -2.20. The van der Waals surface area contributed by atoms with Gasteiger partial charge in [-0.05, 0) is 52.0 Å². The van der Waals surface area contributed by atoms with E-state index in [1.165, 1.54) is 64.2 Å². The molecule has 3 N–H and O–H groups in total. The number of amides is 3. The quantitative estimate of drug-likeness (QED) is 0.122. The van der Waals surface area contributed by atoms with E-state index in [9.17, 15) is 14.4 Å². The highest BCUT2D eigenvalue weighted by Gasteiger charge is 2.21. The van der Waals surface area contributed by atoms with Gasteiger partial charge in [-0.1, -0.05) is 108 Å². The van der Waals surface area contributed by atoms with Crippen molar-refractivity contribution in [1.82, 2.24) is 16.0 Å². The van der Waals surface area contributed by atoms with Crippen molar-refractivity contribution in [3.05, 3.63) is 35.9 Å². The van der Waals surface area contributed by atoms with Crippen LogP contribution in [0.15, 0.2) is 30.3 Å². The molecule has 0 fully saturated rings. The van der Waals surface area contributed by atoms with Gasteiger partial charge in [0.05, 0.1) is 0 Å². The third-order valence-corrected chi connectivity index (χ3v) is 6.74. The molecule has 8 nitrogen and oxygen atoms in total. The molecule has 0 aliphatic carbocycles. The van der Waals surface area contributed by atoms with Crippen LogP contribution in [-0.4, -0.2) is 42.8 Å². The van der Waals surface area contributed by atoms with E-state index in [1.807, 2.05) is 51.1 Å². The Labute approximate surface area is 249 Å². The second-order valence-electron chi connectivity index (χ2n) is 11.9. The van der Waals surface area contributed by atoms with Crippen LogP contribution in [0.2, 0.25) is 0 Å². The van der Waals surface area contributed by atoms with Gasteiger partial charge in [-0.2, -0.15) is 0 Å². The third kappa shape index (κ3) is 21.6. The number of carbonyl (C=O) groups excluding carboxylic acids is 3. The summed E-state index contributed by atoms with van der Waals surface area (Å²) in [5, 5.41) is 8.44. The normalized spacial score (nSPS) is 11.9. The zero-order valence-corrected chi connectivity index (χ0v) is 26.2. The average Bonchev–Trinajstić information content (AvgIpc) is 2.93. The van der Waals surface area contributed by atoms with Crippen molar-refractivity contribution in [2.75, 3.05) is 13.1 Å². The van der Waals surface area contributed by atoms with Gasteiger partial charge < -0.3 is 25.4 Å². The van der Waals surface area contributed by atoms with Crippen LogP contribution < -0.4 is 16.0 Å². The van der Waals surface area contributed by atoms with Gasteiger partial charge in [-0.15, -0.1) is 0 Å². The maximum Gasteiger partial charge on any atom is 0.408 e. The molecule has 234 valence electrons. The standard InChI is InChI=1S/C33H57N3O5/c1-5-6-7-8-9-10-11-12-13-14-15-20-25-34-30(37)29(24-19-21-26-35-31(38)41-33(2,3)4)36-32(39)40-27-28-22-17-16-18-23-28/h16-18,22-23,29H,5-15,19-21,24-27H2,1-4H3,(H,34,37)(H,35,38)(H,36,39)/t29-/m1/s1. The number of carbonyl (C=O) groups is 3. The second kappa shape index (κ2) is 22.9. The Bertz CT molecular complexity index is 826. The van der Waals surface area contributed by atoms with E-state index < -0.39 is 23.8 Å². The Morgan fingerprint density at radius 2 is 1.24 bits per heavy atom. The van der Waals surface area contributed by atoms with Crippen LogP contribution in [0.4, 0.5) is 9.59 Å². The minimum absolute atomic E-state index is 0.139. The highest BCUT2D eigenvalue weighted by molar-refractivity contribution is 5.85. The topological polar surface area (TPSA) is 106 Å². The molecule has 1 atom stereocenters. The molecule has 0 spiro atoms. The molecule has 0 saturated carbocycles. The first-order valence-corrected chi connectivity index (χ1v) is 15.9. The fourth-order valence-electron chi connectivity index (χ4n) is 4.45. The minimum atomic E-state index is -0.697. The van der Waals surface area contributed by atoms with Crippen molar-refractivity contribution in [3.8, 4) is 0 Å². The first-order valence-electron chi connectivity index (χ1n) is 15.9. The summed E-state index contributed by atoms with van der Waals surface area (Å²) in [7, 11) is 0. The predicted octanol–water partition coefficient (Wildman–Crippen LogP) is 7.79. The number of alkyl carbamates (subject to hydrolysis) is 2. The zero-order valence-electron chi connectivity index (χ0n) is 26.2. The molecule has 0 radical (unpaired) electrons. The van der Waals surface area contributed by atoms with Crippen LogP contribution in [0.3, 0.4) is 0 Å². The Hall–Kier alpha value is -2.77. The van der Waals surface area contributed by atoms with Crippen LogP contribution >= 0.6 is 0 Å². The molecule has 0 aliphatic heterocycles. The van der Waals surface area contributed by atoms with Crippen molar-refractivity contribution < 1.29 is 23.9 Å². The van der Waals surface area contributed by atoms with Gasteiger partial charge in [0.25, 0.3) is 0 Å². The maximum atomic E-state index is 12.9. The van der Waals surface area contributed by atoms with Crippen molar-refractivity contribution in [1.29, 1.82) is 0 Å². The van der Waals surface area contributed by atoms with Crippen LogP contribution in [-0.2, 0) is 20.9 Å². The fraction of sp³-hybridized carbons (Fsp3) is 0.727. The molecular weight excluding hydrogens is 518 g/mol. The van der Waals surface area contributed by atoms with E-state index in [0.29, 0.717) is 32.4 Å². The maximum absolute atomic E-state index is 12.9. The first-order chi connectivity index (χ1) is 19.7. The van der Waals surface area contributed by atoms with Crippen molar-refractivity contribution >= 4 is 18.1 Å². The number of unbranched alkanes of at least 4 members (excludes halogenated alkanes) is 12. The zero-order chi connectivity index (χ0) is 30.2. The lowest BCUT2D eigenvalue weighted by Crippen LogP contribution is -2.47. The fourth-order valence-corrected chi connectivity index (χ4v) is 4.45. The molecule has 0 aromatic heterocycles. The van der Waals surface area contributed by atoms with Gasteiger partial charge in [0, 0.05) is 13.1 Å². The number of nitrogens with one attached hydrogen (secondary N) is 3. The Morgan fingerprint density at radius 3 is 1.83 bits per heavy atom. The lowest BCUT2D eigenvalue weighted by atomic mass is 10.1. The van der Waals surface area contributed by atoms with Crippen LogP contribution in [0.5, 0.6) is 0 Å². The molecule has 0 heterocycles. The van der Waals surface area contributed by atoms with E-state index in [2.05, 4.69) is 22.9 Å². The van der Waals surface area contributed by atoms with Crippen molar-refractivity contribution in [2.24, 2.45) is 0 Å². The molecule has 1 rings (SSSR count). The summed E-state index contributed by atoms with van der Waals surface area (Å²) in [6.07, 6.45) is 15.8. The molecule has 1 aromatic rings. The summed E-state index contributed by atoms with van der Waals surface area (Å²) in [4.78, 5) is 37.2. The van der Waals surface area contributed by atoms with E-state index in [-0.39, 0.29) is 12.5 Å². The molecule has 41 heavy (non-hydrogen) atoms. The van der Waals surface area contributed by atoms with Crippen molar-refractivity contribution in [2.45, 2.75) is 142 Å². The van der Waals surface area contributed by atoms with E-state index in [1.54, 1.807) is 0 Å². The summed E-state index contributed by atoms with van der Waals surface area (Å²) in [6, 6.07) is 8.73. The highest BCUT2D eigenvalue weighted by atomic mass is 16.6. The van der Waals surface area contributed by atoms with Crippen LogP contribution in [0.25, 0.3) is 0 Å². The van der Waals surface area contributed by atoms with Gasteiger partial charge in [-0.3, -0.25) is 4.79 Å². The molecule has 0 aliphatic rings. The number of hydrogen-bond acceptors (Lipinski definition) is 5. The highest BCUT2D eigenvalue weighted by Crippen LogP contribution is 2.12. The van der Waals surface area contributed by atoms with Gasteiger partial charge in [0.15, 0.2) is 0 Å². The lowest BCUT2D eigenvalue weighted by molar-refractivity contribution is -0.123. The summed E-state index contributed by atoms with van der Waals surface area (Å²) in [6.45, 7) is 8.86.